The summed E-state index contributed by atoms with van der Waals surface area (Å²) < 4.78 is 10.8. The maximum absolute atomic E-state index is 12.3. The molecule has 0 radical (unpaired) electrons. The maximum atomic E-state index is 12.3. The van der Waals surface area contributed by atoms with Crippen molar-refractivity contribution in [3.05, 3.63) is 82.0 Å². The molecule has 154 valence electrons. The van der Waals surface area contributed by atoms with Gasteiger partial charge in [-0.15, -0.1) is 11.3 Å². The fourth-order valence-electron chi connectivity index (χ4n) is 3.63. The number of nitrogens with one attached hydrogen (secondary N) is 1. The first-order valence-corrected chi connectivity index (χ1v) is 10.5. The van der Waals surface area contributed by atoms with Gasteiger partial charge in [-0.25, -0.2) is 9.59 Å². The minimum Gasteiger partial charge on any atom is -0.480 e. The van der Waals surface area contributed by atoms with E-state index in [-0.39, 0.29) is 19.1 Å². The topological polar surface area (TPSA) is 84.9 Å². The Balaban J connectivity index is 1.35. The van der Waals surface area contributed by atoms with Crippen LogP contribution in [0.25, 0.3) is 11.1 Å². The number of aliphatic carboxylic acids is 1. The van der Waals surface area contributed by atoms with E-state index < -0.39 is 18.1 Å². The number of amides is 1. The lowest BCUT2D eigenvalue weighted by molar-refractivity contribution is -0.141. The highest BCUT2D eigenvalue weighted by Gasteiger charge is 2.29. The second-order valence-electron chi connectivity index (χ2n) is 6.96. The standard InChI is InChI=1S/C23H21NO5S/c25-22(26)21(14-28-12-15-6-5-11-30-15)24-23(27)29-13-20-18-9-3-1-7-16(18)17-8-2-4-10-19(17)20/h1-11,20-21H,12-14H2,(H,24,27)(H,25,26)/t21-/m0/s1. The number of hydrogen-bond acceptors (Lipinski definition) is 5. The zero-order valence-corrected chi connectivity index (χ0v) is 16.9. The second kappa shape index (κ2) is 9.11. The second-order valence-corrected chi connectivity index (χ2v) is 7.99. The van der Waals surface area contributed by atoms with Crippen molar-refractivity contribution >= 4 is 23.4 Å². The Morgan fingerprint density at radius 1 is 1.00 bits per heavy atom. The van der Waals surface area contributed by atoms with E-state index in [1.165, 1.54) is 11.3 Å². The summed E-state index contributed by atoms with van der Waals surface area (Å²) in [5.41, 5.74) is 4.46. The van der Waals surface area contributed by atoms with Crippen molar-refractivity contribution in [1.82, 2.24) is 5.32 Å². The highest BCUT2D eigenvalue weighted by Crippen LogP contribution is 2.44. The molecule has 2 N–H and O–H groups in total. The molecule has 1 aromatic heterocycles. The SMILES string of the molecule is O=C(N[C@@H](COCc1cccs1)C(=O)O)OCC1c2ccccc2-c2ccccc21. The average molecular weight is 423 g/mol. The Kier molecular flexibility index (Phi) is 6.11. The molecule has 6 nitrogen and oxygen atoms in total. The summed E-state index contributed by atoms with van der Waals surface area (Å²) in [5, 5.41) is 13.7. The van der Waals surface area contributed by atoms with Gasteiger partial charge in [0.25, 0.3) is 0 Å². The predicted molar refractivity (Wildman–Crippen MR) is 114 cm³/mol. The molecule has 0 unspecified atom stereocenters. The summed E-state index contributed by atoms with van der Waals surface area (Å²) in [6.07, 6.45) is -0.774. The summed E-state index contributed by atoms with van der Waals surface area (Å²) in [7, 11) is 0. The summed E-state index contributed by atoms with van der Waals surface area (Å²) in [4.78, 5) is 24.7. The van der Waals surface area contributed by atoms with Gasteiger partial charge in [-0.2, -0.15) is 0 Å². The van der Waals surface area contributed by atoms with Gasteiger partial charge in [0, 0.05) is 10.8 Å². The Morgan fingerprint density at radius 2 is 1.67 bits per heavy atom. The van der Waals surface area contributed by atoms with E-state index in [9.17, 15) is 14.7 Å². The molecular formula is C23H21NO5S. The van der Waals surface area contributed by atoms with E-state index in [2.05, 4.69) is 17.4 Å². The molecular weight excluding hydrogens is 402 g/mol. The fourth-order valence-corrected chi connectivity index (χ4v) is 4.27. The van der Waals surface area contributed by atoms with Crippen LogP contribution in [0.2, 0.25) is 0 Å². The normalized spacial score (nSPS) is 13.3. The average Bonchev–Trinajstić information content (AvgIpc) is 3.38. The van der Waals surface area contributed by atoms with Gasteiger partial charge in [-0.3, -0.25) is 0 Å². The molecule has 0 bridgehead atoms. The number of carboxylic acids is 1. The van der Waals surface area contributed by atoms with Crippen molar-refractivity contribution in [2.75, 3.05) is 13.2 Å². The van der Waals surface area contributed by atoms with Gasteiger partial charge < -0.3 is 19.9 Å². The van der Waals surface area contributed by atoms with E-state index in [0.717, 1.165) is 27.1 Å². The van der Waals surface area contributed by atoms with Gasteiger partial charge in [0.1, 0.15) is 6.61 Å². The maximum Gasteiger partial charge on any atom is 0.407 e. The third-order valence-electron chi connectivity index (χ3n) is 5.04. The molecule has 0 spiro atoms. The lowest BCUT2D eigenvalue weighted by Gasteiger charge is -2.17. The van der Waals surface area contributed by atoms with Crippen molar-refractivity contribution < 1.29 is 24.2 Å². The van der Waals surface area contributed by atoms with E-state index in [0.29, 0.717) is 6.61 Å². The fraction of sp³-hybridized carbons (Fsp3) is 0.217. The number of rotatable bonds is 8. The van der Waals surface area contributed by atoms with Gasteiger partial charge in [-0.05, 0) is 33.7 Å². The number of fused-ring (bicyclic) bond motifs is 3. The van der Waals surface area contributed by atoms with E-state index >= 15 is 0 Å². The molecule has 1 amide bonds. The number of hydrogen-bond donors (Lipinski definition) is 2. The van der Waals surface area contributed by atoms with Crippen molar-refractivity contribution in [2.24, 2.45) is 0 Å². The molecule has 1 aliphatic carbocycles. The number of ether oxygens (including phenoxy) is 2. The quantitative estimate of drug-likeness (QED) is 0.566. The molecule has 0 aliphatic heterocycles. The number of carboxylic acid groups (broad SMARTS) is 1. The summed E-state index contributed by atoms with van der Waals surface area (Å²) >= 11 is 1.52. The number of alkyl carbamates (subject to hydrolysis) is 1. The molecule has 0 saturated heterocycles. The molecule has 0 fully saturated rings. The predicted octanol–water partition coefficient (Wildman–Crippen LogP) is 4.26. The largest absolute Gasteiger partial charge is 0.480 e. The van der Waals surface area contributed by atoms with Crippen molar-refractivity contribution in [3.8, 4) is 11.1 Å². The van der Waals surface area contributed by atoms with Gasteiger partial charge in [-0.1, -0.05) is 54.6 Å². The number of thiophene rings is 1. The van der Waals surface area contributed by atoms with Crippen molar-refractivity contribution in [2.45, 2.75) is 18.6 Å². The summed E-state index contributed by atoms with van der Waals surface area (Å²) in [6, 6.07) is 18.7. The summed E-state index contributed by atoms with van der Waals surface area (Å²) in [6.45, 7) is 0.285. The first-order valence-electron chi connectivity index (χ1n) is 9.58. The van der Waals surface area contributed by atoms with Crippen LogP contribution < -0.4 is 5.32 Å². The Morgan fingerprint density at radius 3 is 2.27 bits per heavy atom. The van der Waals surface area contributed by atoms with Crippen molar-refractivity contribution in [3.63, 3.8) is 0 Å². The van der Waals surface area contributed by atoms with Crippen molar-refractivity contribution in [1.29, 1.82) is 0 Å². The number of carbonyl (C=O) groups excluding carboxylic acids is 1. The lowest BCUT2D eigenvalue weighted by atomic mass is 9.98. The molecule has 1 aliphatic rings. The number of carbonyl (C=O) groups is 2. The van der Waals surface area contributed by atoms with Crippen LogP contribution in [-0.4, -0.2) is 36.4 Å². The zero-order chi connectivity index (χ0) is 20.9. The van der Waals surface area contributed by atoms with Crippen LogP contribution in [0.4, 0.5) is 4.79 Å². The van der Waals surface area contributed by atoms with Gasteiger partial charge in [0.05, 0.1) is 13.2 Å². The highest BCUT2D eigenvalue weighted by molar-refractivity contribution is 7.09. The molecule has 30 heavy (non-hydrogen) atoms. The van der Waals surface area contributed by atoms with Crippen LogP contribution in [0.1, 0.15) is 21.9 Å². The van der Waals surface area contributed by atoms with E-state index in [4.69, 9.17) is 9.47 Å². The summed E-state index contributed by atoms with van der Waals surface area (Å²) in [5.74, 6) is -1.25. The van der Waals surface area contributed by atoms with Gasteiger partial charge >= 0.3 is 12.1 Å². The smallest absolute Gasteiger partial charge is 0.407 e. The molecule has 1 atom stereocenters. The minimum atomic E-state index is -1.18. The van der Waals surface area contributed by atoms with Crippen LogP contribution in [0.3, 0.4) is 0 Å². The Bertz CT molecular complexity index is 988. The van der Waals surface area contributed by atoms with Crippen LogP contribution in [0.15, 0.2) is 66.0 Å². The van der Waals surface area contributed by atoms with Crippen LogP contribution in [-0.2, 0) is 20.9 Å². The lowest BCUT2D eigenvalue weighted by Crippen LogP contribution is -2.44. The molecule has 1 heterocycles. The molecule has 2 aromatic carbocycles. The highest BCUT2D eigenvalue weighted by atomic mass is 32.1. The Hall–Kier alpha value is -3.16. The van der Waals surface area contributed by atoms with Crippen LogP contribution in [0.5, 0.6) is 0 Å². The molecule has 3 aromatic rings. The minimum absolute atomic E-state index is 0.0819. The monoisotopic (exact) mass is 423 g/mol. The Labute approximate surface area is 178 Å². The number of benzene rings is 2. The first-order chi connectivity index (χ1) is 14.6. The first kappa shape index (κ1) is 20.1. The van der Waals surface area contributed by atoms with Crippen LogP contribution >= 0.6 is 11.3 Å². The van der Waals surface area contributed by atoms with Gasteiger partial charge in [0.2, 0.25) is 0 Å². The van der Waals surface area contributed by atoms with E-state index in [1.54, 1.807) is 0 Å². The molecule has 4 rings (SSSR count). The third kappa shape index (κ3) is 4.37. The zero-order valence-electron chi connectivity index (χ0n) is 16.1. The molecule has 7 heteroatoms. The van der Waals surface area contributed by atoms with Gasteiger partial charge in [0.15, 0.2) is 6.04 Å². The molecule has 0 saturated carbocycles. The van der Waals surface area contributed by atoms with Crippen LogP contribution in [0, 0.1) is 0 Å². The van der Waals surface area contributed by atoms with E-state index in [1.807, 2.05) is 53.9 Å². The third-order valence-corrected chi connectivity index (χ3v) is 5.89.